The largest absolute Gasteiger partial charge is 0.497 e. The number of benzene rings is 2. The van der Waals surface area contributed by atoms with Crippen LogP contribution in [0.4, 0.5) is 5.69 Å². The van der Waals surface area contributed by atoms with E-state index in [9.17, 15) is 9.59 Å². The summed E-state index contributed by atoms with van der Waals surface area (Å²) in [4.78, 5) is 30.6. The van der Waals surface area contributed by atoms with E-state index in [2.05, 4.69) is 0 Å². The highest BCUT2D eigenvalue weighted by Gasteiger charge is 2.21. The summed E-state index contributed by atoms with van der Waals surface area (Å²) < 4.78 is 10.4. The predicted molar refractivity (Wildman–Crippen MR) is 122 cm³/mol. The number of hydrogen-bond donors (Lipinski definition) is 1. The van der Waals surface area contributed by atoms with Crippen LogP contribution in [0.15, 0.2) is 60.7 Å². The van der Waals surface area contributed by atoms with Crippen molar-refractivity contribution in [3.8, 4) is 17.0 Å². The van der Waals surface area contributed by atoms with Gasteiger partial charge in [-0.2, -0.15) is 0 Å². The van der Waals surface area contributed by atoms with E-state index in [-0.39, 0.29) is 17.3 Å². The molecule has 0 aliphatic carbocycles. The number of Topliss-reactive ketones (excluding diaryl/α,β-unsaturated/α-hetero) is 1. The molecule has 0 saturated carbocycles. The molecule has 0 radical (unpaired) electrons. The number of anilines is 1. The molecule has 7 heteroatoms. The first-order chi connectivity index (χ1) is 15.0. The highest BCUT2D eigenvalue weighted by atomic mass is 32.1. The van der Waals surface area contributed by atoms with Crippen LogP contribution in [0.2, 0.25) is 0 Å². The molecule has 2 N–H and O–H groups in total. The third kappa shape index (κ3) is 4.13. The Bertz CT molecular complexity index is 1280. The van der Waals surface area contributed by atoms with Gasteiger partial charge in [-0.15, -0.1) is 11.3 Å². The number of nitrogens with two attached hydrogens (primary N) is 1. The van der Waals surface area contributed by atoms with Crippen LogP contribution in [0.5, 0.6) is 5.75 Å². The number of esters is 1. The van der Waals surface area contributed by atoms with Crippen LogP contribution in [0, 0.1) is 6.92 Å². The number of hydrogen-bond acceptors (Lipinski definition) is 7. The average molecular weight is 433 g/mol. The number of nitrogens with zero attached hydrogens (tertiary/aromatic N) is 1. The zero-order valence-corrected chi connectivity index (χ0v) is 17.9. The van der Waals surface area contributed by atoms with E-state index in [1.807, 2.05) is 43.3 Å². The lowest BCUT2D eigenvalue weighted by Crippen LogP contribution is -2.14. The second-order valence-electron chi connectivity index (χ2n) is 6.95. The van der Waals surface area contributed by atoms with E-state index in [0.717, 1.165) is 28.2 Å². The normalized spacial score (nSPS) is 10.8. The third-order valence-corrected chi connectivity index (χ3v) is 5.97. The van der Waals surface area contributed by atoms with E-state index < -0.39 is 5.97 Å². The average Bonchev–Trinajstić information content (AvgIpc) is 3.12. The molecule has 4 rings (SSSR count). The summed E-state index contributed by atoms with van der Waals surface area (Å²) in [5.41, 5.74) is 9.72. The molecular formula is C24H20N2O4S. The van der Waals surface area contributed by atoms with E-state index in [1.165, 1.54) is 7.11 Å². The molecule has 0 aliphatic heterocycles. The maximum Gasteiger partial charge on any atom is 0.350 e. The molecule has 6 nitrogen and oxygen atoms in total. The lowest BCUT2D eigenvalue weighted by Gasteiger charge is -2.06. The topological polar surface area (TPSA) is 91.5 Å². The summed E-state index contributed by atoms with van der Waals surface area (Å²) in [6, 6.07) is 18.4. The fourth-order valence-corrected chi connectivity index (χ4v) is 4.23. The summed E-state index contributed by atoms with van der Waals surface area (Å²) in [7, 11) is 1.52. The maximum atomic E-state index is 12.6. The smallest absolute Gasteiger partial charge is 0.350 e. The van der Waals surface area contributed by atoms with Gasteiger partial charge in [0, 0.05) is 16.5 Å². The van der Waals surface area contributed by atoms with E-state index in [4.69, 9.17) is 20.2 Å². The maximum absolute atomic E-state index is 12.6. The molecule has 31 heavy (non-hydrogen) atoms. The second kappa shape index (κ2) is 8.57. The van der Waals surface area contributed by atoms with Crippen molar-refractivity contribution in [3.05, 3.63) is 76.7 Å². The fraction of sp³-hybridized carbons (Fsp3) is 0.125. The van der Waals surface area contributed by atoms with Gasteiger partial charge in [0.2, 0.25) is 0 Å². The molecule has 0 saturated heterocycles. The van der Waals surface area contributed by atoms with Gasteiger partial charge in [-0.25, -0.2) is 9.78 Å². The van der Waals surface area contributed by atoms with Crippen LogP contribution >= 0.6 is 11.3 Å². The fourth-order valence-electron chi connectivity index (χ4n) is 3.26. The zero-order chi connectivity index (χ0) is 22.0. The van der Waals surface area contributed by atoms with Gasteiger partial charge in [-0.3, -0.25) is 4.79 Å². The lowest BCUT2D eigenvalue weighted by molar-refractivity contribution is 0.0480. The van der Waals surface area contributed by atoms with Crippen LogP contribution in [0.1, 0.15) is 25.6 Å². The van der Waals surface area contributed by atoms with Crippen LogP contribution < -0.4 is 10.5 Å². The number of methoxy groups -OCH3 is 1. The minimum Gasteiger partial charge on any atom is -0.497 e. The molecule has 156 valence electrons. The molecule has 0 spiro atoms. The van der Waals surface area contributed by atoms with Gasteiger partial charge in [-0.05, 0) is 30.7 Å². The monoisotopic (exact) mass is 432 g/mol. The van der Waals surface area contributed by atoms with Gasteiger partial charge in [0.05, 0.1) is 18.5 Å². The van der Waals surface area contributed by atoms with E-state index >= 15 is 0 Å². The Morgan fingerprint density at radius 2 is 1.84 bits per heavy atom. The molecule has 2 aromatic heterocycles. The summed E-state index contributed by atoms with van der Waals surface area (Å²) in [6.45, 7) is 1.57. The zero-order valence-electron chi connectivity index (χ0n) is 17.0. The first kappa shape index (κ1) is 20.6. The number of nitrogen functional groups attached to an aromatic ring is 1. The number of fused-ring (bicyclic) bond motifs is 1. The van der Waals surface area contributed by atoms with Crippen LogP contribution in [-0.4, -0.2) is 30.5 Å². The summed E-state index contributed by atoms with van der Waals surface area (Å²) >= 11 is 1.16. The molecule has 0 unspecified atom stereocenters. The van der Waals surface area contributed by atoms with E-state index in [0.29, 0.717) is 27.2 Å². The van der Waals surface area contributed by atoms with Crippen molar-refractivity contribution < 1.29 is 19.1 Å². The number of aromatic nitrogens is 1. The molecule has 0 atom stereocenters. The number of carbonyl (C=O) groups excluding carboxylic acids is 2. The number of aryl methyl sites for hydroxylation is 1. The molecule has 0 aliphatic rings. The Morgan fingerprint density at radius 3 is 2.58 bits per heavy atom. The quantitative estimate of drug-likeness (QED) is 0.344. The molecule has 2 heterocycles. The van der Waals surface area contributed by atoms with Crippen LogP contribution in [-0.2, 0) is 4.74 Å². The Labute approximate surface area is 183 Å². The minimum absolute atomic E-state index is 0.241. The van der Waals surface area contributed by atoms with Crippen molar-refractivity contribution >= 4 is 39.0 Å². The van der Waals surface area contributed by atoms with E-state index in [1.54, 1.807) is 24.3 Å². The Balaban J connectivity index is 1.57. The highest BCUT2D eigenvalue weighted by Crippen LogP contribution is 2.36. The molecule has 4 aromatic rings. The van der Waals surface area contributed by atoms with Gasteiger partial charge in [0.15, 0.2) is 12.4 Å². The van der Waals surface area contributed by atoms with Gasteiger partial charge >= 0.3 is 5.97 Å². The predicted octanol–water partition coefficient (Wildman–Crippen LogP) is 4.90. The van der Waals surface area contributed by atoms with Crippen molar-refractivity contribution in [2.24, 2.45) is 0 Å². The molecule has 2 aromatic carbocycles. The SMILES string of the molecule is COc1cccc(C(=O)COC(=O)c2sc3nc(-c4ccccc4)c(C)cc3c2N)c1. The summed E-state index contributed by atoms with van der Waals surface area (Å²) in [5.74, 6) is -0.412. The number of ether oxygens (including phenoxy) is 2. The molecule has 0 bridgehead atoms. The van der Waals surface area contributed by atoms with Crippen LogP contribution in [0.3, 0.4) is 0 Å². The highest BCUT2D eigenvalue weighted by molar-refractivity contribution is 7.21. The van der Waals surface area contributed by atoms with Gasteiger partial charge in [0.25, 0.3) is 0 Å². The van der Waals surface area contributed by atoms with Crippen molar-refractivity contribution in [3.63, 3.8) is 0 Å². The first-order valence-corrected chi connectivity index (χ1v) is 10.4. The number of pyridine rings is 1. The Hall–Kier alpha value is -3.71. The second-order valence-corrected chi connectivity index (χ2v) is 7.95. The van der Waals surface area contributed by atoms with Gasteiger partial charge in [-0.1, -0.05) is 42.5 Å². The molecule has 0 fully saturated rings. The Kier molecular flexibility index (Phi) is 5.68. The van der Waals surface area contributed by atoms with Gasteiger partial charge in [0.1, 0.15) is 15.5 Å². The number of carbonyl (C=O) groups is 2. The van der Waals surface area contributed by atoms with Crippen molar-refractivity contribution in [2.75, 3.05) is 19.5 Å². The van der Waals surface area contributed by atoms with Crippen molar-refractivity contribution in [2.45, 2.75) is 6.92 Å². The molecule has 0 amide bonds. The summed E-state index contributed by atoms with van der Waals surface area (Å²) in [6.07, 6.45) is 0. The molecular weight excluding hydrogens is 412 g/mol. The standard InChI is InChI=1S/C24H20N2O4S/c1-14-11-18-20(25)22(31-23(18)26-21(14)15-7-4-3-5-8-15)24(28)30-13-19(27)16-9-6-10-17(12-16)29-2/h3-12H,13,25H2,1-2H3. The first-order valence-electron chi connectivity index (χ1n) is 9.57. The summed E-state index contributed by atoms with van der Waals surface area (Å²) in [5, 5.41) is 0.702. The number of thiophene rings is 1. The minimum atomic E-state index is -0.643. The van der Waals surface area contributed by atoms with Crippen molar-refractivity contribution in [1.82, 2.24) is 4.98 Å². The number of ketones is 1. The Morgan fingerprint density at radius 1 is 1.06 bits per heavy atom. The third-order valence-electron chi connectivity index (χ3n) is 4.87. The van der Waals surface area contributed by atoms with Crippen molar-refractivity contribution in [1.29, 1.82) is 0 Å². The van der Waals surface area contributed by atoms with Gasteiger partial charge < -0.3 is 15.2 Å². The van der Waals surface area contributed by atoms with Crippen LogP contribution in [0.25, 0.3) is 21.5 Å². The number of rotatable bonds is 6. The lowest BCUT2D eigenvalue weighted by atomic mass is 10.1.